The number of anilines is 2. The zero-order valence-electron chi connectivity index (χ0n) is 9.68. The quantitative estimate of drug-likeness (QED) is 0.629. The number of hydrogen-bond donors (Lipinski definition) is 2. The minimum absolute atomic E-state index is 0.494. The molecule has 0 spiro atoms. The zero-order chi connectivity index (χ0) is 11.8. The second kappa shape index (κ2) is 4.12. The predicted octanol–water partition coefficient (Wildman–Crippen LogP) is 1.97. The molecule has 2 aromatic rings. The first kappa shape index (κ1) is 10.7. The van der Waals surface area contributed by atoms with Crippen molar-refractivity contribution in [3.05, 3.63) is 11.4 Å². The molecule has 0 aliphatic carbocycles. The Morgan fingerprint density at radius 1 is 1.53 bits per heavy atom. The van der Waals surface area contributed by atoms with Gasteiger partial charge in [0.05, 0.1) is 5.39 Å². The van der Waals surface area contributed by atoms with Gasteiger partial charge in [-0.05, 0) is 31.2 Å². The Labute approximate surface area is 104 Å². The van der Waals surface area contributed by atoms with E-state index < -0.39 is 0 Å². The van der Waals surface area contributed by atoms with E-state index in [0.29, 0.717) is 12.0 Å². The molecule has 5 nitrogen and oxygen atoms in total. The monoisotopic (exact) mass is 249 g/mol. The molecule has 1 atom stereocenters. The first-order chi connectivity index (χ1) is 8.29. The topological polar surface area (TPSA) is 67.1 Å². The molecule has 0 saturated carbocycles. The van der Waals surface area contributed by atoms with Crippen LogP contribution in [0, 0.1) is 0 Å². The molecular formula is C11H15N5S. The van der Waals surface area contributed by atoms with Crippen LogP contribution in [0.15, 0.2) is 11.4 Å². The molecule has 3 heterocycles. The molecule has 2 aromatic heterocycles. The maximum atomic E-state index is 5.42. The van der Waals surface area contributed by atoms with Crippen LogP contribution in [0.2, 0.25) is 0 Å². The predicted molar refractivity (Wildman–Crippen MR) is 71.3 cm³/mol. The van der Waals surface area contributed by atoms with Crippen molar-refractivity contribution in [3.8, 4) is 0 Å². The third kappa shape index (κ3) is 1.73. The van der Waals surface area contributed by atoms with Gasteiger partial charge in [-0.1, -0.05) is 0 Å². The van der Waals surface area contributed by atoms with Gasteiger partial charge in [0.15, 0.2) is 0 Å². The number of fused-ring (bicyclic) bond motifs is 1. The summed E-state index contributed by atoms with van der Waals surface area (Å²) in [5.74, 6) is 6.93. The molecule has 1 aliphatic rings. The van der Waals surface area contributed by atoms with E-state index in [-0.39, 0.29) is 0 Å². The second-order valence-electron chi connectivity index (χ2n) is 4.34. The van der Waals surface area contributed by atoms with Gasteiger partial charge in [0, 0.05) is 12.6 Å². The van der Waals surface area contributed by atoms with Crippen LogP contribution in [-0.2, 0) is 0 Å². The summed E-state index contributed by atoms with van der Waals surface area (Å²) in [6.07, 6.45) is 2.45. The van der Waals surface area contributed by atoms with E-state index in [4.69, 9.17) is 5.84 Å². The van der Waals surface area contributed by atoms with Crippen LogP contribution in [0.3, 0.4) is 0 Å². The Kier molecular flexibility index (Phi) is 2.60. The largest absolute Gasteiger partial charge is 0.353 e. The van der Waals surface area contributed by atoms with Crippen molar-refractivity contribution >= 4 is 33.3 Å². The summed E-state index contributed by atoms with van der Waals surface area (Å²) in [6.45, 7) is 3.30. The highest BCUT2D eigenvalue weighted by Crippen LogP contribution is 2.32. The fraction of sp³-hybridized carbons (Fsp3) is 0.455. The van der Waals surface area contributed by atoms with Gasteiger partial charge in [0.1, 0.15) is 10.6 Å². The number of nitrogens with one attached hydrogen (secondary N) is 1. The van der Waals surface area contributed by atoms with Crippen LogP contribution in [-0.4, -0.2) is 22.6 Å². The standard InChI is InChI=1S/C11H15N5S/c1-7-3-2-5-16(7)9-8-4-6-17-10(8)14-11(13-9)15-12/h4,6-7H,2-3,5,12H2,1H3,(H,13,14,15). The van der Waals surface area contributed by atoms with Crippen LogP contribution >= 0.6 is 11.3 Å². The Hall–Kier alpha value is -1.40. The van der Waals surface area contributed by atoms with E-state index in [9.17, 15) is 0 Å². The Balaban J connectivity index is 2.15. The highest BCUT2D eigenvalue weighted by Gasteiger charge is 2.24. The van der Waals surface area contributed by atoms with Crippen LogP contribution in [0.1, 0.15) is 19.8 Å². The van der Waals surface area contributed by atoms with E-state index in [0.717, 1.165) is 22.6 Å². The van der Waals surface area contributed by atoms with Gasteiger partial charge in [-0.15, -0.1) is 11.3 Å². The number of rotatable bonds is 2. The smallest absolute Gasteiger partial charge is 0.240 e. The number of hydrazine groups is 1. The van der Waals surface area contributed by atoms with Crippen molar-refractivity contribution in [2.45, 2.75) is 25.8 Å². The average Bonchev–Trinajstić information content (AvgIpc) is 2.95. The van der Waals surface area contributed by atoms with E-state index in [1.807, 2.05) is 5.38 Å². The number of hydrogen-bond acceptors (Lipinski definition) is 6. The molecule has 90 valence electrons. The van der Waals surface area contributed by atoms with Crippen LogP contribution in [0.25, 0.3) is 10.2 Å². The summed E-state index contributed by atoms with van der Waals surface area (Å²) in [6, 6.07) is 2.62. The first-order valence-corrected chi connectivity index (χ1v) is 6.66. The molecule has 17 heavy (non-hydrogen) atoms. The SMILES string of the molecule is CC1CCCN1c1nc(NN)nc2sccc12. The van der Waals surface area contributed by atoms with Gasteiger partial charge in [-0.2, -0.15) is 4.98 Å². The molecular weight excluding hydrogens is 234 g/mol. The Morgan fingerprint density at radius 3 is 3.12 bits per heavy atom. The van der Waals surface area contributed by atoms with Gasteiger partial charge in [-0.3, -0.25) is 5.43 Å². The van der Waals surface area contributed by atoms with E-state index in [2.05, 4.69) is 33.3 Å². The third-order valence-electron chi connectivity index (χ3n) is 3.26. The van der Waals surface area contributed by atoms with Crippen molar-refractivity contribution in [1.82, 2.24) is 9.97 Å². The van der Waals surface area contributed by atoms with Crippen molar-refractivity contribution in [3.63, 3.8) is 0 Å². The van der Waals surface area contributed by atoms with Gasteiger partial charge >= 0.3 is 0 Å². The molecule has 0 aromatic carbocycles. The lowest BCUT2D eigenvalue weighted by atomic mass is 10.2. The summed E-state index contributed by atoms with van der Waals surface area (Å²) in [5.41, 5.74) is 2.55. The first-order valence-electron chi connectivity index (χ1n) is 5.78. The molecule has 1 unspecified atom stereocenters. The van der Waals surface area contributed by atoms with Gasteiger partial charge in [0.25, 0.3) is 0 Å². The Bertz CT molecular complexity index is 538. The van der Waals surface area contributed by atoms with Crippen molar-refractivity contribution in [2.75, 3.05) is 16.9 Å². The highest BCUT2D eigenvalue weighted by molar-refractivity contribution is 7.16. The zero-order valence-corrected chi connectivity index (χ0v) is 10.5. The maximum absolute atomic E-state index is 5.42. The molecule has 1 aliphatic heterocycles. The number of aromatic nitrogens is 2. The molecule has 3 rings (SSSR count). The van der Waals surface area contributed by atoms with Crippen molar-refractivity contribution < 1.29 is 0 Å². The summed E-state index contributed by atoms with van der Waals surface area (Å²) >= 11 is 1.62. The summed E-state index contributed by atoms with van der Waals surface area (Å²) < 4.78 is 0. The number of nitrogens with two attached hydrogens (primary N) is 1. The lowest BCUT2D eigenvalue weighted by molar-refractivity contribution is 0.729. The van der Waals surface area contributed by atoms with Crippen molar-refractivity contribution in [2.24, 2.45) is 5.84 Å². The molecule has 1 fully saturated rings. The molecule has 6 heteroatoms. The maximum Gasteiger partial charge on any atom is 0.240 e. The third-order valence-corrected chi connectivity index (χ3v) is 4.07. The molecule has 1 saturated heterocycles. The van der Waals surface area contributed by atoms with Gasteiger partial charge in [0.2, 0.25) is 5.95 Å². The minimum Gasteiger partial charge on any atom is -0.353 e. The Morgan fingerprint density at radius 2 is 2.41 bits per heavy atom. The lowest BCUT2D eigenvalue weighted by Gasteiger charge is -2.23. The highest BCUT2D eigenvalue weighted by atomic mass is 32.1. The molecule has 0 radical (unpaired) electrons. The van der Waals surface area contributed by atoms with Crippen molar-refractivity contribution in [1.29, 1.82) is 0 Å². The minimum atomic E-state index is 0.494. The van der Waals surface area contributed by atoms with Crippen LogP contribution < -0.4 is 16.2 Å². The lowest BCUT2D eigenvalue weighted by Crippen LogP contribution is -2.28. The van der Waals surface area contributed by atoms with Crippen LogP contribution in [0.5, 0.6) is 0 Å². The fourth-order valence-corrected chi connectivity index (χ4v) is 3.13. The number of nitrogens with zero attached hydrogens (tertiary/aromatic N) is 3. The fourth-order valence-electron chi connectivity index (χ4n) is 2.37. The summed E-state index contributed by atoms with van der Waals surface area (Å²) in [7, 11) is 0. The number of nitrogen functional groups attached to an aromatic ring is 1. The summed E-state index contributed by atoms with van der Waals surface area (Å²) in [5, 5.41) is 3.17. The molecule has 3 N–H and O–H groups in total. The normalized spacial score (nSPS) is 20.1. The van der Waals surface area contributed by atoms with E-state index >= 15 is 0 Å². The molecule has 0 amide bonds. The average molecular weight is 249 g/mol. The number of thiophene rings is 1. The van der Waals surface area contributed by atoms with Crippen LogP contribution in [0.4, 0.5) is 11.8 Å². The molecule has 0 bridgehead atoms. The second-order valence-corrected chi connectivity index (χ2v) is 5.23. The summed E-state index contributed by atoms with van der Waals surface area (Å²) in [4.78, 5) is 12.2. The van der Waals surface area contributed by atoms with Gasteiger partial charge < -0.3 is 4.90 Å². The van der Waals surface area contributed by atoms with E-state index in [1.165, 1.54) is 12.8 Å². The van der Waals surface area contributed by atoms with E-state index in [1.54, 1.807) is 11.3 Å². The van der Waals surface area contributed by atoms with Gasteiger partial charge in [-0.25, -0.2) is 10.8 Å².